The van der Waals surface area contributed by atoms with E-state index < -0.39 is 12.1 Å². The standard InChI is InChI=1S/C30H39Cl2N7O2S/c1-19(2)13-24-17-38(28(40)26(33)14-21-10-11-22(31)15-25(21)32)23(9-6-12-35-30-37-36-18-42-30)16-39(24)29(41)27(34)20-7-4-3-5-8-20/h3-5,7-8,10-11,15,18-19,23-24,26-27H,6,9,12-14,16-17,33-34H2,1-2H3,(H,35,37)/t23-,24+,26+,27-/m0/s1. The Bertz CT molecular complexity index is 1310. The van der Waals surface area contributed by atoms with E-state index in [1.807, 2.05) is 40.1 Å². The Labute approximate surface area is 261 Å². The molecule has 12 heteroatoms. The first-order valence-corrected chi connectivity index (χ1v) is 15.9. The molecule has 0 radical (unpaired) electrons. The van der Waals surface area contributed by atoms with Crippen LogP contribution in [0.4, 0.5) is 5.13 Å². The van der Waals surface area contributed by atoms with Gasteiger partial charge >= 0.3 is 0 Å². The smallest absolute Gasteiger partial charge is 0.244 e. The number of anilines is 1. The maximum atomic E-state index is 13.9. The maximum absolute atomic E-state index is 13.9. The molecule has 1 aliphatic heterocycles. The van der Waals surface area contributed by atoms with Gasteiger partial charge in [-0.05, 0) is 54.9 Å². The summed E-state index contributed by atoms with van der Waals surface area (Å²) in [5.74, 6) is 0.0221. The molecule has 0 spiro atoms. The highest BCUT2D eigenvalue weighted by molar-refractivity contribution is 7.13. The van der Waals surface area contributed by atoms with Crippen LogP contribution in [0.15, 0.2) is 54.0 Å². The van der Waals surface area contributed by atoms with Crippen LogP contribution >= 0.6 is 34.5 Å². The lowest BCUT2D eigenvalue weighted by Crippen LogP contribution is -2.64. The van der Waals surface area contributed by atoms with Gasteiger partial charge in [0.05, 0.1) is 6.04 Å². The summed E-state index contributed by atoms with van der Waals surface area (Å²) >= 11 is 13.9. The number of hydrogen-bond acceptors (Lipinski definition) is 8. The van der Waals surface area contributed by atoms with Crippen molar-refractivity contribution in [3.8, 4) is 0 Å². The fourth-order valence-corrected chi connectivity index (χ4v) is 6.43. The third-order valence-electron chi connectivity index (χ3n) is 7.55. The number of aromatic nitrogens is 2. The molecule has 0 aliphatic carbocycles. The second-order valence-electron chi connectivity index (χ2n) is 11.2. The molecule has 2 amide bonds. The Morgan fingerprint density at radius 2 is 1.76 bits per heavy atom. The van der Waals surface area contributed by atoms with Crippen molar-refractivity contribution in [2.24, 2.45) is 17.4 Å². The van der Waals surface area contributed by atoms with Gasteiger partial charge in [0.2, 0.25) is 16.9 Å². The van der Waals surface area contributed by atoms with Crippen LogP contribution < -0.4 is 16.8 Å². The molecular formula is C30H39Cl2N7O2S. The van der Waals surface area contributed by atoms with Gasteiger partial charge in [-0.2, -0.15) is 0 Å². The number of piperazine rings is 1. The molecule has 3 aromatic rings. The molecule has 4 rings (SSSR count). The van der Waals surface area contributed by atoms with Crippen molar-refractivity contribution in [1.82, 2.24) is 20.0 Å². The third-order valence-corrected chi connectivity index (χ3v) is 8.79. The molecule has 42 heavy (non-hydrogen) atoms. The number of rotatable bonds is 12. The zero-order valence-electron chi connectivity index (χ0n) is 24.0. The van der Waals surface area contributed by atoms with Crippen molar-refractivity contribution >= 4 is 51.5 Å². The number of hydrogen-bond donors (Lipinski definition) is 3. The minimum absolute atomic E-state index is 0.131. The van der Waals surface area contributed by atoms with Crippen LogP contribution in [-0.2, 0) is 16.0 Å². The molecule has 0 saturated carbocycles. The first-order chi connectivity index (χ1) is 20.1. The summed E-state index contributed by atoms with van der Waals surface area (Å²) in [5, 5.41) is 12.9. The van der Waals surface area contributed by atoms with Gasteiger partial charge in [-0.25, -0.2) is 0 Å². The first kappa shape index (κ1) is 32.2. The molecule has 9 nitrogen and oxygen atoms in total. The fourth-order valence-electron chi connectivity index (χ4n) is 5.47. The third kappa shape index (κ3) is 8.41. The van der Waals surface area contributed by atoms with Crippen molar-refractivity contribution in [3.05, 3.63) is 75.2 Å². The van der Waals surface area contributed by atoms with Crippen LogP contribution in [0, 0.1) is 5.92 Å². The number of benzene rings is 2. The average molecular weight is 633 g/mol. The summed E-state index contributed by atoms with van der Waals surface area (Å²) in [7, 11) is 0. The second kappa shape index (κ2) is 15.1. The molecule has 4 atom stereocenters. The Hall–Kier alpha value is -2.76. The lowest BCUT2D eigenvalue weighted by atomic mass is 9.93. The molecule has 5 N–H and O–H groups in total. The molecule has 2 heterocycles. The fraction of sp³-hybridized carbons (Fsp3) is 0.467. The SMILES string of the molecule is CC(C)C[C@@H]1CN(C(=O)[C@H](N)Cc2ccc(Cl)cc2Cl)[C@@H](CCCNc2nncs2)CN1C(=O)[C@@H](N)c1ccccc1. The van der Waals surface area contributed by atoms with Crippen molar-refractivity contribution in [2.75, 3.05) is 25.0 Å². The van der Waals surface area contributed by atoms with Gasteiger partial charge in [0, 0.05) is 41.8 Å². The molecule has 226 valence electrons. The number of carbonyl (C=O) groups is 2. The number of nitrogens with zero attached hydrogens (tertiary/aromatic N) is 4. The first-order valence-electron chi connectivity index (χ1n) is 14.2. The van der Waals surface area contributed by atoms with Crippen LogP contribution in [0.1, 0.15) is 50.3 Å². The number of carbonyl (C=O) groups excluding carboxylic acids is 2. The predicted octanol–water partition coefficient (Wildman–Crippen LogP) is 4.76. The second-order valence-corrected chi connectivity index (χ2v) is 12.8. The van der Waals surface area contributed by atoms with Gasteiger partial charge in [-0.15, -0.1) is 10.2 Å². The van der Waals surface area contributed by atoms with E-state index in [2.05, 4.69) is 29.4 Å². The normalized spacial score (nSPS) is 18.6. The number of nitrogens with two attached hydrogens (primary N) is 2. The predicted molar refractivity (Wildman–Crippen MR) is 170 cm³/mol. The largest absolute Gasteiger partial charge is 0.360 e. The average Bonchev–Trinajstić information content (AvgIpc) is 3.49. The Morgan fingerprint density at radius 1 is 1.05 bits per heavy atom. The summed E-state index contributed by atoms with van der Waals surface area (Å²) in [6.45, 7) is 5.67. The monoisotopic (exact) mass is 631 g/mol. The lowest BCUT2D eigenvalue weighted by molar-refractivity contribution is -0.149. The van der Waals surface area contributed by atoms with Crippen molar-refractivity contribution in [2.45, 2.75) is 63.7 Å². The Kier molecular flexibility index (Phi) is 11.6. The minimum Gasteiger partial charge on any atom is -0.360 e. The van der Waals surface area contributed by atoms with Crippen LogP contribution in [0.3, 0.4) is 0 Å². The van der Waals surface area contributed by atoms with Gasteiger partial charge < -0.3 is 26.6 Å². The molecule has 1 fully saturated rings. The van der Waals surface area contributed by atoms with E-state index in [9.17, 15) is 9.59 Å². The van der Waals surface area contributed by atoms with E-state index in [1.54, 1.807) is 23.7 Å². The summed E-state index contributed by atoms with van der Waals surface area (Å²) in [6, 6.07) is 12.6. The zero-order valence-corrected chi connectivity index (χ0v) is 26.3. The van der Waals surface area contributed by atoms with Gasteiger partial charge in [-0.1, -0.05) is 84.8 Å². The summed E-state index contributed by atoms with van der Waals surface area (Å²) in [6.07, 6.45) is 2.45. The van der Waals surface area contributed by atoms with Gasteiger partial charge in [0.1, 0.15) is 11.6 Å². The highest BCUT2D eigenvalue weighted by atomic mass is 35.5. The van der Waals surface area contributed by atoms with Crippen LogP contribution in [0.5, 0.6) is 0 Å². The molecule has 0 bridgehead atoms. The van der Waals surface area contributed by atoms with E-state index in [0.29, 0.717) is 42.0 Å². The van der Waals surface area contributed by atoms with E-state index in [1.165, 1.54) is 11.3 Å². The van der Waals surface area contributed by atoms with Gasteiger partial charge in [0.15, 0.2) is 0 Å². The van der Waals surface area contributed by atoms with Crippen molar-refractivity contribution < 1.29 is 9.59 Å². The van der Waals surface area contributed by atoms with Crippen LogP contribution in [0.2, 0.25) is 10.0 Å². The molecule has 0 unspecified atom stereocenters. The zero-order chi connectivity index (χ0) is 30.2. The number of nitrogens with one attached hydrogen (secondary N) is 1. The van der Waals surface area contributed by atoms with Crippen LogP contribution in [-0.4, -0.2) is 69.6 Å². The van der Waals surface area contributed by atoms with E-state index in [4.69, 9.17) is 34.7 Å². The lowest BCUT2D eigenvalue weighted by Gasteiger charge is -2.48. The van der Waals surface area contributed by atoms with Gasteiger partial charge in [-0.3, -0.25) is 9.59 Å². The van der Waals surface area contributed by atoms with E-state index in [-0.39, 0.29) is 30.3 Å². The molecule has 1 aliphatic rings. The summed E-state index contributed by atoms with van der Waals surface area (Å²) in [4.78, 5) is 31.6. The molecular weight excluding hydrogens is 593 g/mol. The van der Waals surface area contributed by atoms with Crippen molar-refractivity contribution in [3.63, 3.8) is 0 Å². The Morgan fingerprint density at radius 3 is 2.43 bits per heavy atom. The molecule has 1 aromatic heterocycles. The number of amides is 2. The maximum Gasteiger partial charge on any atom is 0.244 e. The number of halogens is 2. The molecule has 1 saturated heterocycles. The van der Waals surface area contributed by atoms with Crippen LogP contribution in [0.25, 0.3) is 0 Å². The van der Waals surface area contributed by atoms with E-state index >= 15 is 0 Å². The highest BCUT2D eigenvalue weighted by Gasteiger charge is 2.41. The van der Waals surface area contributed by atoms with E-state index in [0.717, 1.165) is 29.1 Å². The topological polar surface area (TPSA) is 130 Å². The van der Waals surface area contributed by atoms with Crippen molar-refractivity contribution in [1.29, 1.82) is 0 Å². The summed E-state index contributed by atoms with van der Waals surface area (Å²) < 4.78 is 0. The van der Waals surface area contributed by atoms with Gasteiger partial charge in [0.25, 0.3) is 0 Å². The summed E-state index contributed by atoms with van der Waals surface area (Å²) in [5.41, 5.74) is 16.2. The molecule has 2 aromatic carbocycles. The minimum atomic E-state index is -0.792. The highest BCUT2D eigenvalue weighted by Crippen LogP contribution is 2.28. The quantitative estimate of drug-likeness (QED) is 0.246. The Balaban J connectivity index is 1.55.